The second kappa shape index (κ2) is 7.13. The van der Waals surface area contributed by atoms with Crippen LogP contribution in [0.15, 0.2) is 48.5 Å². The molecule has 0 aliphatic carbocycles. The van der Waals surface area contributed by atoms with Gasteiger partial charge in [-0.2, -0.15) is 13.2 Å². The van der Waals surface area contributed by atoms with E-state index >= 15 is 0 Å². The molecule has 0 saturated carbocycles. The topological polar surface area (TPSA) is 38.3 Å². The number of halogens is 4. The van der Waals surface area contributed by atoms with E-state index < -0.39 is 23.5 Å². The van der Waals surface area contributed by atoms with Crippen molar-refractivity contribution in [2.45, 2.75) is 6.18 Å². The molecule has 1 N–H and O–H groups in total. The van der Waals surface area contributed by atoms with Crippen molar-refractivity contribution in [1.29, 1.82) is 0 Å². The third kappa shape index (κ3) is 4.70. The predicted octanol–water partition coefficient (Wildman–Crippen LogP) is 3.65. The Kier molecular flexibility index (Phi) is 5.20. The second-order valence-electron chi connectivity index (χ2n) is 4.61. The van der Waals surface area contributed by atoms with Crippen molar-refractivity contribution in [3.05, 3.63) is 65.5 Å². The maximum atomic E-state index is 13.4. The van der Waals surface area contributed by atoms with Gasteiger partial charge in [-0.1, -0.05) is 18.2 Å². The van der Waals surface area contributed by atoms with Gasteiger partial charge in [0.15, 0.2) is 0 Å². The molecule has 7 heteroatoms. The van der Waals surface area contributed by atoms with Gasteiger partial charge < -0.3 is 10.1 Å². The number of hydrogen-bond donors (Lipinski definition) is 1. The van der Waals surface area contributed by atoms with Crippen LogP contribution in [0.1, 0.15) is 15.9 Å². The molecule has 0 saturated heterocycles. The first-order chi connectivity index (χ1) is 10.9. The summed E-state index contributed by atoms with van der Waals surface area (Å²) in [6.07, 6.45) is -4.45. The molecular weight excluding hydrogens is 314 g/mol. The second-order valence-corrected chi connectivity index (χ2v) is 4.61. The van der Waals surface area contributed by atoms with Crippen molar-refractivity contribution in [2.75, 3.05) is 13.2 Å². The summed E-state index contributed by atoms with van der Waals surface area (Å²) in [7, 11) is 0. The van der Waals surface area contributed by atoms with Crippen molar-refractivity contribution in [3.63, 3.8) is 0 Å². The fraction of sp³-hybridized carbons (Fsp3) is 0.188. The SMILES string of the molecule is O=C(NCCOc1cccc(C(F)(F)F)c1)c1ccccc1F. The average Bonchev–Trinajstić information content (AvgIpc) is 2.51. The first-order valence-corrected chi connectivity index (χ1v) is 6.71. The van der Waals surface area contributed by atoms with Crippen LogP contribution in [0.3, 0.4) is 0 Å². The van der Waals surface area contributed by atoms with Gasteiger partial charge in [-0.3, -0.25) is 4.79 Å². The van der Waals surface area contributed by atoms with E-state index in [1.165, 1.54) is 30.3 Å². The summed E-state index contributed by atoms with van der Waals surface area (Å²) in [4.78, 5) is 11.7. The zero-order chi connectivity index (χ0) is 16.9. The highest BCUT2D eigenvalue weighted by molar-refractivity contribution is 5.94. The number of nitrogens with one attached hydrogen (secondary N) is 1. The summed E-state index contributed by atoms with van der Waals surface area (Å²) in [5.41, 5.74) is -0.919. The van der Waals surface area contributed by atoms with Crippen molar-refractivity contribution < 1.29 is 27.1 Å². The van der Waals surface area contributed by atoms with Crippen LogP contribution in [-0.2, 0) is 6.18 Å². The first-order valence-electron chi connectivity index (χ1n) is 6.71. The van der Waals surface area contributed by atoms with Crippen LogP contribution in [0.5, 0.6) is 5.75 Å². The van der Waals surface area contributed by atoms with E-state index in [9.17, 15) is 22.4 Å². The number of hydrogen-bond acceptors (Lipinski definition) is 2. The van der Waals surface area contributed by atoms with Gasteiger partial charge in [-0.05, 0) is 30.3 Å². The monoisotopic (exact) mass is 327 g/mol. The van der Waals surface area contributed by atoms with E-state index in [0.29, 0.717) is 0 Å². The van der Waals surface area contributed by atoms with E-state index in [1.807, 2.05) is 0 Å². The molecule has 0 radical (unpaired) electrons. The Labute approximate surface area is 129 Å². The number of ether oxygens (including phenoxy) is 1. The molecular formula is C16H13F4NO2. The minimum atomic E-state index is -4.45. The standard InChI is InChI=1S/C16H13F4NO2/c17-14-7-2-1-6-13(14)15(22)21-8-9-23-12-5-3-4-11(10-12)16(18,19)20/h1-7,10H,8-9H2,(H,21,22). The fourth-order valence-corrected chi connectivity index (χ4v) is 1.84. The molecule has 2 aromatic rings. The van der Waals surface area contributed by atoms with Gasteiger partial charge in [0, 0.05) is 0 Å². The number of rotatable bonds is 5. The maximum absolute atomic E-state index is 13.4. The number of carbonyl (C=O) groups excluding carboxylic acids is 1. The summed E-state index contributed by atoms with van der Waals surface area (Å²) in [6, 6.07) is 9.90. The third-order valence-electron chi connectivity index (χ3n) is 2.94. The Balaban J connectivity index is 1.84. The number of amides is 1. The molecule has 0 unspecified atom stereocenters. The van der Waals surface area contributed by atoms with E-state index in [2.05, 4.69) is 5.32 Å². The molecule has 0 fully saturated rings. The molecule has 0 aliphatic heterocycles. The number of benzene rings is 2. The molecule has 3 nitrogen and oxygen atoms in total. The van der Waals surface area contributed by atoms with E-state index in [-0.39, 0.29) is 24.5 Å². The predicted molar refractivity (Wildman–Crippen MR) is 75.7 cm³/mol. The van der Waals surface area contributed by atoms with Crippen LogP contribution in [0.25, 0.3) is 0 Å². The van der Waals surface area contributed by atoms with Crippen molar-refractivity contribution in [3.8, 4) is 5.75 Å². The summed E-state index contributed by atoms with van der Waals surface area (Å²) in [5, 5.41) is 2.43. The van der Waals surface area contributed by atoms with E-state index in [1.54, 1.807) is 0 Å². The summed E-state index contributed by atoms with van der Waals surface area (Å²) in [5.74, 6) is -1.22. The Hall–Kier alpha value is -2.57. The molecule has 0 aromatic heterocycles. The highest BCUT2D eigenvalue weighted by Gasteiger charge is 2.30. The van der Waals surface area contributed by atoms with Gasteiger partial charge in [-0.15, -0.1) is 0 Å². The van der Waals surface area contributed by atoms with Gasteiger partial charge in [0.2, 0.25) is 0 Å². The summed E-state index contributed by atoms with van der Waals surface area (Å²) in [6.45, 7) is -0.00901. The molecule has 1 amide bonds. The summed E-state index contributed by atoms with van der Waals surface area (Å²) < 4.78 is 56.1. The highest BCUT2D eigenvalue weighted by Crippen LogP contribution is 2.31. The lowest BCUT2D eigenvalue weighted by molar-refractivity contribution is -0.137. The Bertz CT molecular complexity index is 686. The molecule has 23 heavy (non-hydrogen) atoms. The van der Waals surface area contributed by atoms with Gasteiger partial charge in [0.25, 0.3) is 5.91 Å². The highest BCUT2D eigenvalue weighted by atomic mass is 19.4. The summed E-state index contributed by atoms with van der Waals surface area (Å²) >= 11 is 0. The molecule has 2 rings (SSSR count). The molecule has 122 valence electrons. The lowest BCUT2D eigenvalue weighted by atomic mass is 10.2. The lowest BCUT2D eigenvalue weighted by Gasteiger charge is -2.11. The zero-order valence-corrected chi connectivity index (χ0v) is 11.9. The van der Waals surface area contributed by atoms with Crippen molar-refractivity contribution >= 4 is 5.91 Å². The van der Waals surface area contributed by atoms with Crippen LogP contribution in [0.2, 0.25) is 0 Å². The van der Waals surface area contributed by atoms with E-state index in [4.69, 9.17) is 4.74 Å². The van der Waals surface area contributed by atoms with Gasteiger partial charge in [0.1, 0.15) is 18.2 Å². The van der Waals surface area contributed by atoms with Crippen LogP contribution < -0.4 is 10.1 Å². The van der Waals surface area contributed by atoms with Gasteiger partial charge in [0.05, 0.1) is 17.7 Å². The fourth-order valence-electron chi connectivity index (χ4n) is 1.84. The largest absolute Gasteiger partial charge is 0.492 e. The lowest BCUT2D eigenvalue weighted by Crippen LogP contribution is -2.28. The van der Waals surface area contributed by atoms with Crippen LogP contribution in [0.4, 0.5) is 17.6 Å². The quantitative estimate of drug-likeness (QED) is 0.672. The van der Waals surface area contributed by atoms with E-state index in [0.717, 1.165) is 18.2 Å². The Morgan fingerprint density at radius 3 is 2.52 bits per heavy atom. The van der Waals surface area contributed by atoms with Gasteiger partial charge in [-0.25, -0.2) is 4.39 Å². The first kappa shape index (κ1) is 16.8. The molecule has 0 bridgehead atoms. The molecule has 0 aliphatic rings. The van der Waals surface area contributed by atoms with Crippen LogP contribution in [0, 0.1) is 5.82 Å². The average molecular weight is 327 g/mol. The van der Waals surface area contributed by atoms with Gasteiger partial charge >= 0.3 is 6.18 Å². The minimum absolute atomic E-state index is 0.0312. The number of alkyl halides is 3. The Morgan fingerprint density at radius 1 is 1.09 bits per heavy atom. The van der Waals surface area contributed by atoms with Crippen LogP contribution in [-0.4, -0.2) is 19.1 Å². The normalized spacial score (nSPS) is 11.1. The maximum Gasteiger partial charge on any atom is 0.416 e. The molecule has 0 spiro atoms. The van der Waals surface area contributed by atoms with Crippen molar-refractivity contribution in [2.24, 2.45) is 0 Å². The smallest absolute Gasteiger partial charge is 0.416 e. The molecule has 0 heterocycles. The third-order valence-corrected chi connectivity index (χ3v) is 2.94. The van der Waals surface area contributed by atoms with Crippen LogP contribution >= 0.6 is 0 Å². The molecule has 0 atom stereocenters. The Morgan fingerprint density at radius 2 is 1.83 bits per heavy atom. The van der Waals surface area contributed by atoms with Crippen molar-refractivity contribution in [1.82, 2.24) is 5.32 Å². The minimum Gasteiger partial charge on any atom is -0.492 e. The molecule has 2 aromatic carbocycles. The zero-order valence-electron chi connectivity index (χ0n) is 11.9. The number of carbonyl (C=O) groups is 1.